The number of hydrogen-bond donors (Lipinski definition) is 1. The Morgan fingerprint density at radius 3 is 2.67 bits per heavy atom. The van der Waals surface area contributed by atoms with Crippen LogP contribution in [0.25, 0.3) is 0 Å². The molecule has 0 radical (unpaired) electrons. The van der Waals surface area contributed by atoms with E-state index >= 15 is 0 Å². The van der Waals surface area contributed by atoms with Crippen LogP contribution in [0.3, 0.4) is 0 Å². The van der Waals surface area contributed by atoms with E-state index in [1.165, 1.54) is 13.2 Å². The van der Waals surface area contributed by atoms with Crippen LogP contribution in [0.2, 0.25) is 10.0 Å². The number of carbonyl (C=O) groups excluding carboxylic acids is 1. The molecule has 4 nitrogen and oxygen atoms in total. The summed E-state index contributed by atoms with van der Waals surface area (Å²) in [6.07, 6.45) is 0.744. The van der Waals surface area contributed by atoms with Gasteiger partial charge in [0.15, 0.2) is 0 Å². The number of carbonyl (C=O) groups is 1. The van der Waals surface area contributed by atoms with Crippen LogP contribution in [0.1, 0.15) is 22.3 Å². The molecule has 0 saturated carbocycles. The van der Waals surface area contributed by atoms with Crippen molar-refractivity contribution in [1.82, 2.24) is 0 Å². The highest BCUT2D eigenvalue weighted by molar-refractivity contribution is 6.37. The zero-order valence-electron chi connectivity index (χ0n) is 13.6. The summed E-state index contributed by atoms with van der Waals surface area (Å²) >= 11 is 12.1. The van der Waals surface area contributed by atoms with Gasteiger partial charge in [0, 0.05) is 11.6 Å². The van der Waals surface area contributed by atoms with Crippen molar-refractivity contribution in [1.29, 1.82) is 0 Å². The second-order valence-electron chi connectivity index (χ2n) is 5.20. The summed E-state index contributed by atoms with van der Waals surface area (Å²) in [4.78, 5) is 11.8. The number of para-hydroxylation sites is 1. The van der Waals surface area contributed by atoms with Crippen molar-refractivity contribution < 1.29 is 14.3 Å². The SMILES string of the molecule is COC(=O)c1cc(Cl)cc(Cl)c1NCCCOc1ccccc1C. The van der Waals surface area contributed by atoms with Gasteiger partial charge in [0.1, 0.15) is 5.75 Å². The molecule has 0 bridgehead atoms. The quantitative estimate of drug-likeness (QED) is 0.554. The minimum absolute atomic E-state index is 0.315. The van der Waals surface area contributed by atoms with Crippen molar-refractivity contribution in [2.24, 2.45) is 0 Å². The van der Waals surface area contributed by atoms with E-state index in [1.807, 2.05) is 31.2 Å². The number of methoxy groups -OCH3 is 1. The van der Waals surface area contributed by atoms with Gasteiger partial charge in [-0.1, -0.05) is 41.4 Å². The molecule has 6 heteroatoms. The summed E-state index contributed by atoms with van der Waals surface area (Å²) < 4.78 is 10.5. The lowest BCUT2D eigenvalue weighted by Crippen LogP contribution is -2.12. The van der Waals surface area contributed by atoms with Crippen LogP contribution in [0.4, 0.5) is 5.69 Å². The van der Waals surface area contributed by atoms with Crippen LogP contribution in [0, 0.1) is 6.92 Å². The van der Waals surface area contributed by atoms with E-state index in [0.29, 0.717) is 34.4 Å². The number of aryl methyl sites for hydroxylation is 1. The normalized spacial score (nSPS) is 10.3. The van der Waals surface area contributed by atoms with Crippen molar-refractivity contribution in [3.05, 3.63) is 57.6 Å². The molecule has 2 rings (SSSR count). The largest absolute Gasteiger partial charge is 0.493 e. The first kappa shape index (κ1) is 18.4. The first-order valence-corrected chi connectivity index (χ1v) is 8.28. The smallest absolute Gasteiger partial charge is 0.340 e. The molecule has 0 heterocycles. The van der Waals surface area contributed by atoms with Crippen LogP contribution < -0.4 is 10.1 Å². The lowest BCUT2D eigenvalue weighted by atomic mass is 10.1. The Morgan fingerprint density at radius 1 is 1.21 bits per heavy atom. The van der Waals surface area contributed by atoms with Crippen LogP contribution in [-0.2, 0) is 4.74 Å². The number of hydrogen-bond acceptors (Lipinski definition) is 4. The fraction of sp³-hybridized carbons (Fsp3) is 0.278. The van der Waals surface area contributed by atoms with Crippen LogP contribution in [-0.4, -0.2) is 26.2 Å². The predicted molar refractivity (Wildman–Crippen MR) is 97.6 cm³/mol. The fourth-order valence-corrected chi connectivity index (χ4v) is 2.77. The molecule has 128 valence electrons. The molecule has 0 aliphatic carbocycles. The van der Waals surface area contributed by atoms with E-state index in [1.54, 1.807) is 6.07 Å². The first-order chi connectivity index (χ1) is 11.5. The molecular weight excluding hydrogens is 349 g/mol. The molecule has 0 unspecified atom stereocenters. The molecule has 0 aliphatic heterocycles. The summed E-state index contributed by atoms with van der Waals surface area (Å²) in [6, 6.07) is 11.0. The molecule has 1 N–H and O–H groups in total. The standard InChI is InChI=1S/C18H19Cl2NO3/c1-12-6-3-4-7-16(12)24-9-5-8-21-17-14(18(22)23-2)10-13(19)11-15(17)20/h3-4,6-7,10-11,21H,5,8-9H2,1-2H3. The van der Waals surface area contributed by atoms with Gasteiger partial charge in [-0.05, 0) is 37.1 Å². The van der Waals surface area contributed by atoms with Gasteiger partial charge in [-0.3, -0.25) is 0 Å². The molecule has 24 heavy (non-hydrogen) atoms. The maximum Gasteiger partial charge on any atom is 0.340 e. The number of esters is 1. The van der Waals surface area contributed by atoms with Gasteiger partial charge in [-0.15, -0.1) is 0 Å². The third kappa shape index (κ3) is 4.79. The molecular formula is C18H19Cl2NO3. The molecule has 0 atom stereocenters. The Labute approximate surface area is 151 Å². The Balaban J connectivity index is 1.92. The van der Waals surface area contributed by atoms with E-state index in [2.05, 4.69) is 5.32 Å². The summed E-state index contributed by atoms with van der Waals surface area (Å²) in [7, 11) is 1.32. The number of ether oxygens (including phenoxy) is 2. The van der Waals surface area contributed by atoms with Crippen molar-refractivity contribution in [3.8, 4) is 5.75 Å². The third-order valence-corrected chi connectivity index (χ3v) is 3.95. The second-order valence-corrected chi connectivity index (χ2v) is 6.04. The van der Waals surface area contributed by atoms with Gasteiger partial charge in [0.05, 0.1) is 30.0 Å². The van der Waals surface area contributed by atoms with Gasteiger partial charge in [0.25, 0.3) is 0 Å². The minimum atomic E-state index is -0.488. The zero-order valence-corrected chi connectivity index (χ0v) is 15.1. The Morgan fingerprint density at radius 2 is 1.96 bits per heavy atom. The lowest BCUT2D eigenvalue weighted by Gasteiger charge is -2.14. The number of rotatable bonds is 7. The Bertz CT molecular complexity index is 719. The Kier molecular flexibility index (Phi) is 6.76. The number of anilines is 1. The summed E-state index contributed by atoms with van der Waals surface area (Å²) in [6.45, 7) is 3.15. The highest BCUT2D eigenvalue weighted by Gasteiger charge is 2.16. The number of benzene rings is 2. The molecule has 0 amide bonds. The molecule has 2 aromatic carbocycles. The maximum absolute atomic E-state index is 11.8. The van der Waals surface area contributed by atoms with Gasteiger partial charge in [-0.25, -0.2) is 4.79 Å². The molecule has 0 aliphatic rings. The van der Waals surface area contributed by atoms with E-state index in [-0.39, 0.29) is 0 Å². The predicted octanol–water partition coefficient (Wildman–Crippen LogP) is 4.97. The lowest BCUT2D eigenvalue weighted by molar-refractivity contribution is 0.0602. The van der Waals surface area contributed by atoms with Gasteiger partial charge in [0.2, 0.25) is 0 Å². The third-order valence-electron chi connectivity index (χ3n) is 3.43. The molecule has 0 saturated heterocycles. The van der Waals surface area contributed by atoms with Crippen molar-refractivity contribution in [3.63, 3.8) is 0 Å². The average molecular weight is 368 g/mol. The Hall–Kier alpha value is -1.91. The highest BCUT2D eigenvalue weighted by atomic mass is 35.5. The van der Waals surface area contributed by atoms with Crippen LogP contribution in [0.5, 0.6) is 5.75 Å². The number of halogens is 2. The van der Waals surface area contributed by atoms with E-state index in [0.717, 1.165) is 17.7 Å². The van der Waals surface area contributed by atoms with Crippen molar-refractivity contribution in [2.75, 3.05) is 25.6 Å². The highest BCUT2D eigenvalue weighted by Crippen LogP contribution is 2.30. The van der Waals surface area contributed by atoms with E-state index in [9.17, 15) is 4.79 Å². The number of nitrogens with one attached hydrogen (secondary N) is 1. The van der Waals surface area contributed by atoms with E-state index in [4.69, 9.17) is 32.7 Å². The van der Waals surface area contributed by atoms with Crippen molar-refractivity contribution in [2.45, 2.75) is 13.3 Å². The summed E-state index contributed by atoms with van der Waals surface area (Å²) in [5.41, 5.74) is 1.93. The monoisotopic (exact) mass is 367 g/mol. The first-order valence-electron chi connectivity index (χ1n) is 7.52. The van der Waals surface area contributed by atoms with Crippen LogP contribution in [0.15, 0.2) is 36.4 Å². The van der Waals surface area contributed by atoms with Gasteiger partial charge < -0.3 is 14.8 Å². The van der Waals surface area contributed by atoms with Crippen molar-refractivity contribution >= 4 is 34.9 Å². The summed E-state index contributed by atoms with van der Waals surface area (Å²) in [5, 5.41) is 3.91. The molecule has 0 spiro atoms. The van der Waals surface area contributed by atoms with E-state index < -0.39 is 5.97 Å². The zero-order chi connectivity index (χ0) is 17.5. The van der Waals surface area contributed by atoms with Gasteiger partial charge in [-0.2, -0.15) is 0 Å². The minimum Gasteiger partial charge on any atom is -0.493 e. The molecule has 0 aromatic heterocycles. The maximum atomic E-state index is 11.8. The van der Waals surface area contributed by atoms with Crippen LogP contribution >= 0.6 is 23.2 Å². The fourth-order valence-electron chi connectivity index (χ4n) is 2.21. The summed E-state index contributed by atoms with van der Waals surface area (Å²) in [5.74, 6) is 0.385. The molecule has 0 fully saturated rings. The topological polar surface area (TPSA) is 47.6 Å². The van der Waals surface area contributed by atoms with Gasteiger partial charge >= 0.3 is 5.97 Å². The average Bonchev–Trinajstić information content (AvgIpc) is 2.56. The molecule has 2 aromatic rings. The second kappa shape index (κ2) is 8.81.